The second kappa shape index (κ2) is 5.94. The smallest absolute Gasteiger partial charge is 0.303 e. The van der Waals surface area contributed by atoms with Crippen molar-refractivity contribution in [1.29, 1.82) is 0 Å². The van der Waals surface area contributed by atoms with Gasteiger partial charge in [0.25, 0.3) is 0 Å². The number of rotatable bonds is 6. The third-order valence-corrected chi connectivity index (χ3v) is 2.43. The highest BCUT2D eigenvalue weighted by Gasteiger charge is 2.09. The standard InChI is InChI=1S/C12H13N3O4/c1-18-10-3-2-8(7-13-10)6-9-14-11(19-15-9)4-5-12(16)17/h2-3,7H,4-6H2,1H3,(H,16,17). The zero-order valence-electron chi connectivity index (χ0n) is 10.4. The first-order valence-corrected chi connectivity index (χ1v) is 5.69. The highest BCUT2D eigenvalue weighted by atomic mass is 16.5. The second-order valence-electron chi connectivity index (χ2n) is 3.88. The van der Waals surface area contributed by atoms with Crippen molar-refractivity contribution in [1.82, 2.24) is 15.1 Å². The molecule has 0 saturated heterocycles. The summed E-state index contributed by atoms with van der Waals surface area (Å²) in [5, 5.41) is 12.4. The average molecular weight is 263 g/mol. The molecule has 0 amide bonds. The lowest BCUT2D eigenvalue weighted by molar-refractivity contribution is -0.137. The number of pyridine rings is 1. The minimum Gasteiger partial charge on any atom is -0.481 e. The largest absolute Gasteiger partial charge is 0.481 e. The Labute approximate surface area is 109 Å². The Kier molecular flexibility index (Phi) is 4.07. The fraction of sp³-hybridized carbons (Fsp3) is 0.333. The first kappa shape index (κ1) is 13.0. The first-order chi connectivity index (χ1) is 9.17. The van der Waals surface area contributed by atoms with Crippen LogP contribution >= 0.6 is 0 Å². The Balaban J connectivity index is 1.96. The topological polar surface area (TPSA) is 98.3 Å². The molecule has 1 N–H and O–H groups in total. The Hall–Kier alpha value is -2.44. The summed E-state index contributed by atoms with van der Waals surface area (Å²) in [7, 11) is 1.55. The fourth-order valence-electron chi connectivity index (χ4n) is 1.50. The van der Waals surface area contributed by atoms with Crippen LogP contribution in [0.4, 0.5) is 0 Å². The van der Waals surface area contributed by atoms with Crippen LogP contribution in [-0.2, 0) is 17.6 Å². The molecule has 19 heavy (non-hydrogen) atoms. The van der Waals surface area contributed by atoms with Gasteiger partial charge in [-0.1, -0.05) is 11.2 Å². The predicted octanol–water partition coefficient (Wildman–Crippen LogP) is 1.08. The van der Waals surface area contributed by atoms with Crippen molar-refractivity contribution in [2.24, 2.45) is 0 Å². The average Bonchev–Trinajstić information content (AvgIpc) is 2.85. The van der Waals surface area contributed by atoms with Crippen LogP contribution in [0.25, 0.3) is 0 Å². The van der Waals surface area contributed by atoms with Crippen molar-refractivity contribution in [3.05, 3.63) is 35.6 Å². The van der Waals surface area contributed by atoms with E-state index >= 15 is 0 Å². The van der Waals surface area contributed by atoms with Crippen LogP contribution in [0.15, 0.2) is 22.9 Å². The van der Waals surface area contributed by atoms with E-state index in [1.807, 2.05) is 6.07 Å². The van der Waals surface area contributed by atoms with Gasteiger partial charge in [0.1, 0.15) is 0 Å². The molecule has 2 aromatic rings. The number of nitrogens with zero attached hydrogens (tertiary/aromatic N) is 3. The summed E-state index contributed by atoms with van der Waals surface area (Å²) >= 11 is 0. The zero-order chi connectivity index (χ0) is 13.7. The van der Waals surface area contributed by atoms with Crippen molar-refractivity contribution in [2.45, 2.75) is 19.3 Å². The highest BCUT2D eigenvalue weighted by Crippen LogP contribution is 2.10. The number of carbonyl (C=O) groups is 1. The minimum absolute atomic E-state index is 0.0221. The SMILES string of the molecule is COc1ccc(Cc2noc(CCC(=O)O)n2)cn1. The molecular weight excluding hydrogens is 250 g/mol. The first-order valence-electron chi connectivity index (χ1n) is 5.69. The molecule has 0 unspecified atom stereocenters. The van der Waals surface area contributed by atoms with Crippen LogP contribution in [0, 0.1) is 0 Å². The van der Waals surface area contributed by atoms with E-state index in [-0.39, 0.29) is 12.8 Å². The molecular formula is C12H13N3O4. The lowest BCUT2D eigenvalue weighted by Crippen LogP contribution is -1.98. The summed E-state index contributed by atoms with van der Waals surface area (Å²) < 4.78 is 9.92. The van der Waals surface area contributed by atoms with Crippen molar-refractivity contribution < 1.29 is 19.2 Å². The number of ether oxygens (including phenoxy) is 1. The fourth-order valence-corrected chi connectivity index (χ4v) is 1.50. The molecule has 0 aliphatic heterocycles. The van der Waals surface area contributed by atoms with E-state index in [4.69, 9.17) is 14.4 Å². The van der Waals surface area contributed by atoms with E-state index in [1.165, 1.54) is 0 Å². The summed E-state index contributed by atoms with van der Waals surface area (Å²) in [6, 6.07) is 3.61. The van der Waals surface area contributed by atoms with Crippen molar-refractivity contribution in [3.63, 3.8) is 0 Å². The highest BCUT2D eigenvalue weighted by molar-refractivity contribution is 5.66. The third-order valence-electron chi connectivity index (χ3n) is 2.43. The van der Waals surface area contributed by atoms with Gasteiger partial charge in [0.05, 0.1) is 13.5 Å². The van der Waals surface area contributed by atoms with Gasteiger partial charge in [0.15, 0.2) is 5.82 Å². The number of hydrogen-bond donors (Lipinski definition) is 1. The minimum atomic E-state index is -0.890. The van der Waals surface area contributed by atoms with Crippen LogP contribution in [-0.4, -0.2) is 33.3 Å². The van der Waals surface area contributed by atoms with Gasteiger partial charge >= 0.3 is 5.97 Å². The van der Waals surface area contributed by atoms with E-state index in [1.54, 1.807) is 19.4 Å². The van der Waals surface area contributed by atoms with Crippen molar-refractivity contribution in [3.8, 4) is 5.88 Å². The Bertz CT molecular complexity index is 550. The summed E-state index contributed by atoms with van der Waals surface area (Å²) in [4.78, 5) is 18.6. The lowest BCUT2D eigenvalue weighted by atomic mass is 10.2. The second-order valence-corrected chi connectivity index (χ2v) is 3.88. The van der Waals surface area contributed by atoms with Crippen LogP contribution < -0.4 is 4.74 Å². The van der Waals surface area contributed by atoms with E-state index in [0.29, 0.717) is 24.0 Å². The maximum Gasteiger partial charge on any atom is 0.303 e. The number of methoxy groups -OCH3 is 1. The molecule has 2 rings (SSSR count). The molecule has 100 valence electrons. The number of carboxylic acid groups (broad SMARTS) is 1. The maximum absolute atomic E-state index is 10.4. The molecule has 0 radical (unpaired) electrons. The number of aryl methyl sites for hydroxylation is 1. The normalized spacial score (nSPS) is 10.4. The van der Waals surface area contributed by atoms with Crippen LogP contribution in [0.1, 0.15) is 23.7 Å². The molecule has 0 spiro atoms. The summed E-state index contributed by atoms with van der Waals surface area (Å²) in [5.41, 5.74) is 0.923. The molecule has 0 bridgehead atoms. The third kappa shape index (κ3) is 3.77. The molecule has 0 saturated carbocycles. The lowest BCUT2D eigenvalue weighted by Gasteiger charge is -1.99. The molecule has 7 heteroatoms. The van der Waals surface area contributed by atoms with Gasteiger partial charge in [0.2, 0.25) is 11.8 Å². The molecule has 2 aromatic heterocycles. The van der Waals surface area contributed by atoms with E-state index in [9.17, 15) is 4.79 Å². The van der Waals surface area contributed by atoms with E-state index in [2.05, 4.69) is 15.1 Å². The molecule has 0 aliphatic carbocycles. The number of carboxylic acids is 1. The molecule has 0 fully saturated rings. The number of aliphatic carboxylic acids is 1. The number of hydrogen-bond acceptors (Lipinski definition) is 6. The van der Waals surface area contributed by atoms with Gasteiger partial charge in [-0.15, -0.1) is 0 Å². The number of aromatic nitrogens is 3. The predicted molar refractivity (Wildman–Crippen MR) is 63.8 cm³/mol. The van der Waals surface area contributed by atoms with Gasteiger partial charge in [-0.3, -0.25) is 4.79 Å². The summed E-state index contributed by atoms with van der Waals surface area (Å²) in [6.45, 7) is 0. The van der Waals surface area contributed by atoms with Gasteiger partial charge in [0, 0.05) is 25.1 Å². The quantitative estimate of drug-likeness (QED) is 0.832. The van der Waals surface area contributed by atoms with Gasteiger partial charge in [-0.2, -0.15) is 4.98 Å². The molecule has 2 heterocycles. The maximum atomic E-state index is 10.4. The molecule has 0 aliphatic rings. The Morgan fingerprint density at radius 1 is 1.47 bits per heavy atom. The Morgan fingerprint density at radius 2 is 2.32 bits per heavy atom. The van der Waals surface area contributed by atoms with E-state index in [0.717, 1.165) is 5.56 Å². The van der Waals surface area contributed by atoms with Gasteiger partial charge in [-0.05, 0) is 5.56 Å². The summed E-state index contributed by atoms with van der Waals surface area (Å²) in [6.07, 6.45) is 2.37. The summed E-state index contributed by atoms with van der Waals surface area (Å²) in [5.74, 6) is 0.490. The van der Waals surface area contributed by atoms with Crippen molar-refractivity contribution in [2.75, 3.05) is 7.11 Å². The van der Waals surface area contributed by atoms with Crippen LogP contribution in [0.2, 0.25) is 0 Å². The Morgan fingerprint density at radius 3 is 2.95 bits per heavy atom. The van der Waals surface area contributed by atoms with Gasteiger partial charge < -0.3 is 14.4 Å². The van der Waals surface area contributed by atoms with E-state index < -0.39 is 5.97 Å². The van der Waals surface area contributed by atoms with Crippen LogP contribution in [0.5, 0.6) is 5.88 Å². The molecule has 0 aromatic carbocycles. The molecule has 0 atom stereocenters. The van der Waals surface area contributed by atoms with Gasteiger partial charge in [-0.25, -0.2) is 4.98 Å². The molecule has 7 nitrogen and oxygen atoms in total. The van der Waals surface area contributed by atoms with Crippen LogP contribution in [0.3, 0.4) is 0 Å². The monoisotopic (exact) mass is 263 g/mol. The van der Waals surface area contributed by atoms with Crippen molar-refractivity contribution >= 4 is 5.97 Å². The zero-order valence-corrected chi connectivity index (χ0v) is 10.4.